The lowest BCUT2D eigenvalue weighted by atomic mass is 10.0. The number of likely N-dealkylation sites (N-methyl/N-ethyl adjacent to an activating group) is 1. The van der Waals surface area contributed by atoms with Crippen molar-refractivity contribution in [3.63, 3.8) is 0 Å². The summed E-state index contributed by atoms with van der Waals surface area (Å²) in [5.41, 5.74) is 0. The van der Waals surface area contributed by atoms with Crippen molar-refractivity contribution >= 4 is 0 Å². The smallest absolute Gasteiger partial charge is 0.0664 e. The molecule has 1 unspecified atom stereocenters. The van der Waals surface area contributed by atoms with Gasteiger partial charge in [0.2, 0.25) is 0 Å². The van der Waals surface area contributed by atoms with Gasteiger partial charge in [-0.15, -0.1) is 0 Å². The quantitative estimate of drug-likeness (QED) is 0.456. The summed E-state index contributed by atoms with van der Waals surface area (Å²) in [5, 5.41) is 12.5. The van der Waals surface area contributed by atoms with E-state index < -0.39 is 0 Å². The fraction of sp³-hybridized carbons (Fsp3) is 1.00. The second kappa shape index (κ2) is 15.0. The third-order valence-corrected chi connectivity index (χ3v) is 3.58. The highest BCUT2D eigenvalue weighted by molar-refractivity contribution is 4.57. The Balaban J connectivity index is 2.98. The van der Waals surface area contributed by atoms with Crippen LogP contribution in [0.3, 0.4) is 0 Å². The molecule has 0 aliphatic rings. The molecule has 0 saturated carbocycles. The van der Waals surface area contributed by atoms with Crippen molar-refractivity contribution in [2.75, 3.05) is 13.6 Å². The highest BCUT2D eigenvalue weighted by Gasteiger charge is 2.01. The van der Waals surface area contributed by atoms with E-state index in [0.29, 0.717) is 0 Å². The predicted octanol–water partition coefficient (Wildman–Crippen LogP) is 4.27. The van der Waals surface area contributed by atoms with Crippen LogP contribution >= 0.6 is 0 Å². The molecule has 2 N–H and O–H groups in total. The van der Waals surface area contributed by atoms with Gasteiger partial charge in [-0.3, -0.25) is 0 Å². The number of hydrogen-bond acceptors (Lipinski definition) is 2. The van der Waals surface area contributed by atoms with E-state index in [1.54, 1.807) is 0 Å². The Morgan fingerprint density at radius 1 is 0.778 bits per heavy atom. The largest absolute Gasteiger partial charge is 0.392 e. The molecule has 0 aromatic carbocycles. The lowest BCUT2D eigenvalue weighted by Crippen LogP contribution is -2.23. The number of hydrogen-bond donors (Lipinski definition) is 2. The summed E-state index contributed by atoms with van der Waals surface area (Å²) in [4.78, 5) is 0. The van der Waals surface area contributed by atoms with Gasteiger partial charge in [0.1, 0.15) is 0 Å². The molecule has 0 bridgehead atoms. The SMILES string of the molecule is CCCCCCCCCCCCCC(O)CNC. The van der Waals surface area contributed by atoms with E-state index >= 15 is 0 Å². The average molecular weight is 257 g/mol. The van der Waals surface area contributed by atoms with Crippen molar-refractivity contribution in [2.24, 2.45) is 0 Å². The first-order valence-corrected chi connectivity index (χ1v) is 8.14. The zero-order valence-corrected chi connectivity index (χ0v) is 12.7. The molecule has 0 rings (SSSR count). The van der Waals surface area contributed by atoms with Gasteiger partial charge >= 0.3 is 0 Å². The van der Waals surface area contributed by atoms with Crippen LogP contribution in [0.15, 0.2) is 0 Å². The topological polar surface area (TPSA) is 32.3 Å². The van der Waals surface area contributed by atoms with E-state index in [9.17, 15) is 5.11 Å². The second-order valence-corrected chi connectivity index (χ2v) is 5.54. The molecule has 1 atom stereocenters. The van der Waals surface area contributed by atoms with Gasteiger partial charge in [-0.25, -0.2) is 0 Å². The summed E-state index contributed by atoms with van der Waals surface area (Å²) in [6.45, 7) is 3.01. The van der Waals surface area contributed by atoms with E-state index in [2.05, 4.69) is 12.2 Å². The molecule has 2 heteroatoms. The number of aliphatic hydroxyl groups excluding tert-OH is 1. The number of nitrogens with one attached hydrogen (secondary N) is 1. The van der Waals surface area contributed by atoms with E-state index in [-0.39, 0.29) is 6.10 Å². The molecule has 0 saturated heterocycles. The van der Waals surface area contributed by atoms with Gasteiger partial charge in [0.25, 0.3) is 0 Å². The van der Waals surface area contributed by atoms with Gasteiger partial charge in [-0.1, -0.05) is 77.6 Å². The van der Waals surface area contributed by atoms with Crippen molar-refractivity contribution in [1.82, 2.24) is 5.32 Å². The summed E-state index contributed by atoms with van der Waals surface area (Å²) in [5.74, 6) is 0. The summed E-state index contributed by atoms with van der Waals surface area (Å²) in [6, 6.07) is 0. The molecule has 18 heavy (non-hydrogen) atoms. The minimum absolute atomic E-state index is 0.145. The molecule has 0 aromatic rings. The van der Waals surface area contributed by atoms with Crippen molar-refractivity contribution in [1.29, 1.82) is 0 Å². The lowest BCUT2D eigenvalue weighted by Gasteiger charge is -2.09. The van der Waals surface area contributed by atoms with Gasteiger partial charge in [0.05, 0.1) is 6.10 Å². The maximum absolute atomic E-state index is 9.53. The zero-order valence-electron chi connectivity index (χ0n) is 12.7. The minimum Gasteiger partial charge on any atom is -0.392 e. The molecule has 0 aliphatic heterocycles. The van der Waals surface area contributed by atoms with Crippen LogP contribution < -0.4 is 5.32 Å². The number of rotatable bonds is 14. The molecule has 0 aliphatic carbocycles. The molecule has 0 fully saturated rings. The highest BCUT2D eigenvalue weighted by Crippen LogP contribution is 2.12. The molecule has 0 aromatic heterocycles. The first kappa shape index (κ1) is 17.9. The van der Waals surface area contributed by atoms with Gasteiger partial charge in [-0.2, -0.15) is 0 Å². The summed E-state index contributed by atoms with van der Waals surface area (Å²) < 4.78 is 0. The van der Waals surface area contributed by atoms with Gasteiger partial charge in [0, 0.05) is 6.54 Å². The molecule has 2 nitrogen and oxygen atoms in total. The van der Waals surface area contributed by atoms with Crippen LogP contribution in [0.25, 0.3) is 0 Å². The van der Waals surface area contributed by atoms with Crippen molar-refractivity contribution in [2.45, 2.75) is 90.1 Å². The maximum Gasteiger partial charge on any atom is 0.0664 e. The Hall–Kier alpha value is -0.0800. The van der Waals surface area contributed by atoms with Crippen LogP contribution in [0, 0.1) is 0 Å². The van der Waals surface area contributed by atoms with Gasteiger partial charge in [0.15, 0.2) is 0 Å². The average Bonchev–Trinajstić information content (AvgIpc) is 2.36. The van der Waals surface area contributed by atoms with E-state index in [0.717, 1.165) is 13.0 Å². The van der Waals surface area contributed by atoms with E-state index in [4.69, 9.17) is 0 Å². The molecular formula is C16H35NO. The van der Waals surface area contributed by atoms with E-state index in [1.807, 2.05) is 7.05 Å². The van der Waals surface area contributed by atoms with Gasteiger partial charge < -0.3 is 10.4 Å². The second-order valence-electron chi connectivity index (χ2n) is 5.54. The highest BCUT2D eigenvalue weighted by atomic mass is 16.3. The van der Waals surface area contributed by atoms with Crippen LogP contribution in [0.1, 0.15) is 84.0 Å². The van der Waals surface area contributed by atoms with Crippen LogP contribution in [0.4, 0.5) is 0 Å². The fourth-order valence-corrected chi connectivity index (χ4v) is 2.38. The minimum atomic E-state index is -0.145. The van der Waals surface area contributed by atoms with Crippen LogP contribution in [-0.4, -0.2) is 24.8 Å². The standard InChI is InChI=1S/C16H35NO/c1-3-4-5-6-7-8-9-10-11-12-13-14-16(18)15-17-2/h16-18H,3-15H2,1-2H3. The lowest BCUT2D eigenvalue weighted by molar-refractivity contribution is 0.160. The number of aliphatic hydroxyl groups is 1. The fourth-order valence-electron chi connectivity index (χ4n) is 2.38. The van der Waals surface area contributed by atoms with Crippen molar-refractivity contribution < 1.29 is 5.11 Å². The summed E-state index contributed by atoms with van der Waals surface area (Å²) >= 11 is 0. The van der Waals surface area contributed by atoms with Crippen LogP contribution in [0.5, 0.6) is 0 Å². The molecule has 0 radical (unpaired) electrons. The van der Waals surface area contributed by atoms with Crippen molar-refractivity contribution in [3.8, 4) is 0 Å². The normalized spacial score (nSPS) is 12.8. The first-order chi connectivity index (χ1) is 8.81. The van der Waals surface area contributed by atoms with Crippen LogP contribution in [0.2, 0.25) is 0 Å². The molecule has 0 heterocycles. The molecular weight excluding hydrogens is 222 g/mol. The zero-order chi connectivity index (χ0) is 13.5. The Bertz CT molecular complexity index is 150. The summed E-state index contributed by atoms with van der Waals surface area (Å²) in [6.07, 6.45) is 15.9. The third kappa shape index (κ3) is 14.0. The molecule has 0 spiro atoms. The first-order valence-electron chi connectivity index (χ1n) is 8.14. The maximum atomic E-state index is 9.53. The monoisotopic (exact) mass is 257 g/mol. The van der Waals surface area contributed by atoms with Gasteiger partial charge in [-0.05, 0) is 13.5 Å². The van der Waals surface area contributed by atoms with Crippen LogP contribution in [-0.2, 0) is 0 Å². The Kier molecular flexibility index (Phi) is 14.9. The Morgan fingerprint density at radius 3 is 1.67 bits per heavy atom. The Morgan fingerprint density at radius 2 is 1.22 bits per heavy atom. The third-order valence-electron chi connectivity index (χ3n) is 3.58. The van der Waals surface area contributed by atoms with Crippen molar-refractivity contribution in [3.05, 3.63) is 0 Å². The molecule has 110 valence electrons. The molecule has 0 amide bonds. The Labute approximate surface area is 115 Å². The predicted molar refractivity (Wildman–Crippen MR) is 81.0 cm³/mol. The summed E-state index contributed by atoms with van der Waals surface area (Å²) in [7, 11) is 1.89. The van der Waals surface area contributed by atoms with E-state index in [1.165, 1.54) is 70.6 Å². The number of unbranched alkanes of at least 4 members (excludes halogenated alkanes) is 10.